The second-order valence-electron chi connectivity index (χ2n) is 8.32. The Morgan fingerprint density at radius 3 is 2.59 bits per heavy atom. The first-order valence-corrected chi connectivity index (χ1v) is 11.0. The molecule has 5 aromatic rings. The van der Waals surface area contributed by atoms with Crippen molar-refractivity contribution >= 4 is 22.4 Å². The normalized spacial score (nSPS) is 12.1. The van der Waals surface area contributed by atoms with E-state index in [-0.39, 0.29) is 11.6 Å². The first kappa shape index (κ1) is 21.4. The third-order valence-corrected chi connectivity index (χ3v) is 6.03. The summed E-state index contributed by atoms with van der Waals surface area (Å²) < 4.78 is 3.50. The van der Waals surface area contributed by atoms with Crippen molar-refractivity contribution in [2.45, 2.75) is 19.9 Å². The Kier molecular flexibility index (Phi) is 5.33. The SMILES string of the molecule is Cc1c(N)ncnc1N[C@@H](C)c1cc2cccc(-c3cnn(C)c3)c2c(=O)n1-c1ccccc1. The lowest BCUT2D eigenvalue weighted by molar-refractivity contribution is 0.768. The summed E-state index contributed by atoms with van der Waals surface area (Å²) in [5.74, 6) is 1.06. The average Bonchev–Trinajstić information content (AvgIpc) is 3.28. The lowest BCUT2D eigenvalue weighted by atomic mass is 9.99. The Labute approximate surface area is 196 Å². The molecule has 0 aliphatic rings. The molecule has 8 nitrogen and oxygen atoms in total. The van der Waals surface area contributed by atoms with Crippen LogP contribution in [0.15, 0.2) is 78.1 Å². The average molecular weight is 452 g/mol. The highest BCUT2D eigenvalue weighted by Crippen LogP contribution is 2.30. The molecule has 5 rings (SSSR count). The van der Waals surface area contributed by atoms with Gasteiger partial charge in [-0.25, -0.2) is 9.97 Å². The quantitative estimate of drug-likeness (QED) is 0.414. The number of nitrogens with two attached hydrogens (primary N) is 1. The summed E-state index contributed by atoms with van der Waals surface area (Å²) in [6.07, 6.45) is 5.13. The molecule has 2 aromatic carbocycles. The van der Waals surface area contributed by atoms with Crippen LogP contribution in [0, 0.1) is 6.92 Å². The molecule has 0 unspecified atom stereocenters. The molecule has 0 radical (unpaired) electrons. The molecule has 0 aliphatic carbocycles. The Bertz CT molecular complexity index is 1550. The van der Waals surface area contributed by atoms with E-state index in [1.54, 1.807) is 15.4 Å². The number of rotatable bonds is 5. The number of nitrogens with one attached hydrogen (secondary N) is 1. The molecular formula is C26H25N7O. The van der Waals surface area contributed by atoms with Gasteiger partial charge in [-0.15, -0.1) is 0 Å². The number of aromatic nitrogens is 5. The smallest absolute Gasteiger partial charge is 0.263 e. The number of nitrogen functional groups attached to an aromatic ring is 1. The van der Waals surface area contributed by atoms with Crippen molar-refractivity contribution in [3.8, 4) is 16.8 Å². The van der Waals surface area contributed by atoms with Gasteiger partial charge in [0.15, 0.2) is 0 Å². The van der Waals surface area contributed by atoms with Crippen molar-refractivity contribution in [2.24, 2.45) is 7.05 Å². The first-order valence-electron chi connectivity index (χ1n) is 11.0. The van der Waals surface area contributed by atoms with E-state index in [0.717, 1.165) is 33.5 Å². The minimum atomic E-state index is -0.243. The molecule has 0 fully saturated rings. The van der Waals surface area contributed by atoms with Crippen molar-refractivity contribution in [2.75, 3.05) is 11.1 Å². The summed E-state index contributed by atoms with van der Waals surface area (Å²) in [5, 5.41) is 9.22. The summed E-state index contributed by atoms with van der Waals surface area (Å²) in [6.45, 7) is 3.87. The second-order valence-corrected chi connectivity index (χ2v) is 8.32. The summed E-state index contributed by atoms with van der Waals surface area (Å²) in [7, 11) is 1.87. The second kappa shape index (κ2) is 8.47. The summed E-state index contributed by atoms with van der Waals surface area (Å²) >= 11 is 0. The van der Waals surface area contributed by atoms with Crippen LogP contribution in [0.1, 0.15) is 24.2 Å². The zero-order chi connectivity index (χ0) is 23.8. The molecule has 3 aromatic heterocycles. The Morgan fingerprint density at radius 1 is 1.06 bits per heavy atom. The fraction of sp³-hybridized carbons (Fsp3) is 0.154. The van der Waals surface area contributed by atoms with Crippen LogP contribution in [0.2, 0.25) is 0 Å². The van der Waals surface area contributed by atoms with Crippen molar-refractivity contribution in [1.82, 2.24) is 24.3 Å². The molecule has 34 heavy (non-hydrogen) atoms. The molecule has 0 aliphatic heterocycles. The molecule has 170 valence electrons. The fourth-order valence-corrected chi connectivity index (χ4v) is 4.23. The summed E-state index contributed by atoms with van der Waals surface area (Å²) in [5.41, 5.74) is 10.0. The maximum atomic E-state index is 14.1. The standard InChI is InChI=1S/C26H25N7O/c1-16-24(27)28-15-29-25(16)31-17(2)22-12-18-8-7-11-21(19-13-30-32(3)14-19)23(18)26(34)33(22)20-9-5-4-6-10-20/h4-15,17H,1-3H3,(H3,27,28,29,31)/t17-/m0/s1. The first-order chi connectivity index (χ1) is 16.4. The number of para-hydroxylation sites is 1. The molecule has 0 spiro atoms. The largest absolute Gasteiger partial charge is 0.383 e. The van der Waals surface area contributed by atoms with E-state index in [2.05, 4.69) is 26.4 Å². The number of fused-ring (bicyclic) bond motifs is 1. The van der Waals surface area contributed by atoms with Crippen molar-refractivity contribution in [3.63, 3.8) is 0 Å². The molecule has 3 heterocycles. The minimum absolute atomic E-state index is 0.0919. The van der Waals surface area contributed by atoms with Gasteiger partial charge in [-0.2, -0.15) is 5.10 Å². The molecule has 8 heteroatoms. The van der Waals surface area contributed by atoms with E-state index in [9.17, 15) is 4.79 Å². The van der Waals surface area contributed by atoms with Crippen molar-refractivity contribution < 1.29 is 0 Å². The molecule has 0 saturated heterocycles. The highest BCUT2D eigenvalue weighted by Gasteiger charge is 2.20. The molecule has 0 bridgehead atoms. The van der Waals surface area contributed by atoms with Crippen LogP contribution in [0.25, 0.3) is 27.6 Å². The predicted molar refractivity (Wildman–Crippen MR) is 135 cm³/mol. The molecule has 1 atom stereocenters. The lowest BCUT2D eigenvalue weighted by Crippen LogP contribution is -2.26. The van der Waals surface area contributed by atoms with Crippen LogP contribution in [0.4, 0.5) is 11.6 Å². The van der Waals surface area contributed by atoms with Gasteiger partial charge in [0.1, 0.15) is 18.0 Å². The van der Waals surface area contributed by atoms with Gasteiger partial charge in [0.25, 0.3) is 5.56 Å². The number of hydrogen-bond donors (Lipinski definition) is 2. The van der Waals surface area contributed by atoms with E-state index in [1.165, 1.54) is 6.33 Å². The molecule has 0 amide bonds. The van der Waals surface area contributed by atoms with Crippen LogP contribution < -0.4 is 16.6 Å². The third kappa shape index (κ3) is 3.69. The van der Waals surface area contributed by atoms with Gasteiger partial charge in [-0.05, 0) is 43.0 Å². The number of pyridine rings is 1. The Morgan fingerprint density at radius 2 is 1.85 bits per heavy atom. The van der Waals surface area contributed by atoms with Gasteiger partial charge < -0.3 is 11.1 Å². The van der Waals surface area contributed by atoms with Crippen LogP contribution in [0.5, 0.6) is 0 Å². The number of anilines is 2. The third-order valence-electron chi connectivity index (χ3n) is 6.03. The maximum Gasteiger partial charge on any atom is 0.263 e. The summed E-state index contributed by atoms with van der Waals surface area (Å²) in [4.78, 5) is 22.5. The lowest BCUT2D eigenvalue weighted by Gasteiger charge is -2.22. The number of aryl methyl sites for hydroxylation is 1. The highest BCUT2D eigenvalue weighted by atomic mass is 16.1. The van der Waals surface area contributed by atoms with Crippen LogP contribution >= 0.6 is 0 Å². The van der Waals surface area contributed by atoms with E-state index < -0.39 is 0 Å². The van der Waals surface area contributed by atoms with Gasteiger partial charge in [0.2, 0.25) is 0 Å². The molecular weight excluding hydrogens is 426 g/mol. The van der Waals surface area contributed by atoms with Crippen molar-refractivity contribution in [1.29, 1.82) is 0 Å². The van der Waals surface area contributed by atoms with Gasteiger partial charge in [-0.1, -0.05) is 36.4 Å². The maximum absolute atomic E-state index is 14.1. The van der Waals surface area contributed by atoms with Gasteiger partial charge >= 0.3 is 0 Å². The Hall–Kier alpha value is -4.46. The van der Waals surface area contributed by atoms with E-state index in [0.29, 0.717) is 17.0 Å². The number of benzene rings is 2. The van der Waals surface area contributed by atoms with E-state index in [1.807, 2.05) is 75.6 Å². The van der Waals surface area contributed by atoms with E-state index in [4.69, 9.17) is 5.73 Å². The number of nitrogens with zero attached hydrogens (tertiary/aromatic N) is 5. The fourth-order valence-electron chi connectivity index (χ4n) is 4.23. The zero-order valence-corrected chi connectivity index (χ0v) is 19.2. The van der Waals surface area contributed by atoms with Crippen LogP contribution in [-0.2, 0) is 7.05 Å². The zero-order valence-electron chi connectivity index (χ0n) is 19.2. The number of hydrogen-bond acceptors (Lipinski definition) is 6. The molecule has 3 N–H and O–H groups in total. The minimum Gasteiger partial charge on any atom is -0.383 e. The van der Waals surface area contributed by atoms with Gasteiger partial charge in [-0.3, -0.25) is 14.0 Å². The molecule has 0 saturated carbocycles. The predicted octanol–water partition coefficient (Wildman–Crippen LogP) is 4.24. The monoisotopic (exact) mass is 451 g/mol. The topological polar surface area (TPSA) is 104 Å². The van der Waals surface area contributed by atoms with E-state index >= 15 is 0 Å². The van der Waals surface area contributed by atoms with Crippen LogP contribution in [0.3, 0.4) is 0 Å². The van der Waals surface area contributed by atoms with Crippen LogP contribution in [-0.4, -0.2) is 24.3 Å². The summed E-state index contributed by atoms with van der Waals surface area (Å²) in [6, 6.07) is 17.4. The Balaban J connectivity index is 1.75. The van der Waals surface area contributed by atoms with Crippen molar-refractivity contribution in [3.05, 3.63) is 94.9 Å². The highest BCUT2D eigenvalue weighted by molar-refractivity contribution is 5.96. The van der Waals surface area contributed by atoms with Gasteiger partial charge in [0, 0.05) is 35.8 Å². The van der Waals surface area contributed by atoms with Gasteiger partial charge in [0.05, 0.1) is 17.6 Å².